The van der Waals surface area contributed by atoms with Gasteiger partial charge in [0.1, 0.15) is 11.5 Å². The van der Waals surface area contributed by atoms with Gasteiger partial charge in [0.2, 0.25) is 11.8 Å². The van der Waals surface area contributed by atoms with Gasteiger partial charge in [-0.1, -0.05) is 16.9 Å². The number of benzene rings is 1. The number of hydrogen-bond donors (Lipinski definition) is 0. The lowest BCUT2D eigenvalue weighted by Gasteiger charge is -2.05. The highest BCUT2D eigenvalue weighted by Crippen LogP contribution is 2.31. The summed E-state index contributed by atoms with van der Waals surface area (Å²) in [5.74, 6) is 3.24. The van der Waals surface area contributed by atoms with Crippen LogP contribution in [0.2, 0.25) is 0 Å². The summed E-state index contributed by atoms with van der Waals surface area (Å²) >= 11 is 1.32. The van der Waals surface area contributed by atoms with Crippen LogP contribution in [0.1, 0.15) is 11.7 Å². The van der Waals surface area contributed by atoms with E-state index in [1.165, 1.54) is 11.8 Å². The van der Waals surface area contributed by atoms with Crippen molar-refractivity contribution in [2.24, 2.45) is 0 Å². The van der Waals surface area contributed by atoms with Crippen molar-refractivity contribution in [2.75, 3.05) is 14.2 Å². The molecule has 0 aliphatic carbocycles. The Morgan fingerprint density at radius 2 is 1.83 bits per heavy atom. The highest BCUT2D eigenvalue weighted by atomic mass is 32.2. The topological polar surface area (TPSA) is 96.3 Å². The summed E-state index contributed by atoms with van der Waals surface area (Å²) in [7, 11) is 3.17. The number of aryl methyl sites for hydroxylation is 1. The maximum Gasteiger partial charge on any atom is 0.277 e. The van der Waals surface area contributed by atoms with E-state index in [2.05, 4.69) is 20.3 Å². The Bertz CT molecular complexity index is 779. The smallest absolute Gasteiger partial charge is 0.277 e. The molecule has 3 aromatic rings. The molecule has 0 amide bonds. The van der Waals surface area contributed by atoms with E-state index in [0.717, 1.165) is 0 Å². The van der Waals surface area contributed by atoms with Crippen LogP contribution in [-0.2, 0) is 5.75 Å². The highest BCUT2D eigenvalue weighted by Gasteiger charge is 2.13. The molecule has 9 heteroatoms. The standard InChI is InChI=1S/C14H14N4O4S/c1-8-15-12(22-18-8)7-23-14-17-16-13(21-14)9-4-10(19-2)6-11(5-9)20-3/h4-6H,7H2,1-3H3. The molecule has 0 aliphatic rings. The van der Waals surface area contributed by atoms with E-state index < -0.39 is 0 Å². The van der Waals surface area contributed by atoms with Crippen LogP contribution in [0.15, 0.2) is 32.4 Å². The summed E-state index contributed by atoms with van der Waals surface area (Å²) in [6.07, 6.45) is 0. The second-order valence-corrected chi connectivity index (χ2v) is 5.43. The number of nitrogens with zero attached hydrogens (tertiary/aromatic N) is 4. The number of aromatic nitrogens is 4. The Morgan fingerprint density at radius 3 is 2.43 bits per heavy atom. The normalized spacial score (nSPS) is 10.7. The average molecular weight is 334 g/mol. The van der Waals surface area contributed by atoms with Gasteiger partial charge < -0.3 is 18.4 Å². The highest BCUT2D eigenvalue weighted by molar-refractivity contribution is 7.98. The third kappa shape index (κ3) is 3.62. The SMILES string of the molecule is COc1cc(OC)cc(-c2nnc(SCc3nc(C)no3)o2)c1. The van der Waals surface area contributed by atoms with E-state index in [1.54, 1.807) is 39.3 Å². The third-order valence-corrected chi connectivity index (χ3v) is 3.70. The molecule has 2 heterocycles. The molecular weight excluding hydrogens is 320 g/mol. The summed E-state index contributed by atoms with van der Waals surface area (Å²) in [6, 6.07) is 5.37. The van der Waals surface area contributed by atoms with Crippen LogP contribution in [-0.4, -0.2) is 34.6 Å². The zero-order valence-corrected chi connectivity index (χ0v) is 13.6. The predicted octanol–water partition coefficient (Wildman–Crippen LogP) is 2.74. The lowest BCUT2D eigenvalue weighted by atomic mass is 10.2. The summed E-state index contributed by atoms with van der Waals surface area (Å²) < 4.78 is 21.1. The van der Waals surface area contributed by atoms with Gasteiger partial charge in [-0.3, -0.25) is 0 Å². The quantitative estimate of drug-likeness (QED) is 0.630. The fraction of sp³-hybridized carbons (Fsp3) is 0.286. The van der Waals surface area contributed by atoms with Crippen LogP contribution in [0.25, 0.3) is 11.5 Å². The van der Waals surface area contributed by atoms with Crippen molar-refractivity contribution < 1.29 is 18.4 Å². The molecule has 23 heavy (non-hydrogen) atoms. The second kappa shape index (κ2) is 6.69. The Kier molecular flexibility index (Phi) is 4.47. The number of rotatable bonds is 6. The molecule has 0 saturated carbocycles. The van der Waals surface area contributed by atoms with E-state index in [-0.39, 0.29) is 0 Å². The molecule has 2 aromatic heterocycles. The van der Waals surface area contributed by atoms with E-state index >= 15 is 0 Å². The van der Waals surface area contributed by atoms with Crippen molar-refractivity contribution in [3.05, 3.63) is 29.9 Å². The zero-order chi connectivity index (χ0) is 16.2. The molecule has 1 aromatic carbocycles. The fourth-order valence-electron chi connectivity index (χ4n) is 1.84. The number of hydrogen-bond acceptors (Lipinski definition) is 9. The van der Waals surface area contributed by atoms with Crippen molar-refractivity contribution in [1.29, 1.82) is 0 Å². The van der Waals surface area contributed by atoms with Crippen LogP contribution in [0.3, 0.4) is 0 Å². The number of thioether (sulfide) groups is 1. The first-order chi connectivity index (χ1) is 11.2. The molecule has 0 N–H and O–H groups in total. The minimum Gasteiger partial charge on any atom is -0.497 e. The van der Waals surface area contributed by atoms with Crippen molar-refractivity contribution in [3.63, 3.8) is 0 Å². The first-order valence-electron chi connectivity index (χ1n) is 6.67. The van der Waals surface area contributed by atoms with Gasteiger partial charge in [0.25, 0.3) is 5.22 Å². The fourth-order valence-corrected chi connectivity index (χ4v) is 2.44. The molecule has 0 spiro atoms. The molecule has 120 valence electrons. The second-order valence-electron chi connectivity index (χ2n) is 4.50. The molecule has 0 atom stereocenters. The minimum absolute atomic E-state index is 0.381. The van der Waals surface area contributed by atoms with Gasteiger partial charge in [-0.25, -0.2) is 0 Å². The van der Waals surface area contributed by atoms with E-state index in [1.807, 2.05) is 0 Å². The maximum absolute atomic E-state index is 5.64. The Morgan fingerprint density at radius 1 is 1.09 bits per heavy atom. The summed E-state index contributed by atoms with van der Waals surface area (Å²) in [5, 5.41) is 12.2. The van der Waals surface area contributed by atoms with Crippen LogP contribution in [0.4, 0.5) is 0 Å². The molecular formula is C14H14N4O4S. The van der Waals surface area contributed by atoms with Gasteiger partial charge in [-0.15, -0.1) is 10.2 Å². The first kappa shape index (κ1) is 15.3. The predicted molar refractivity (Wildman–Crippen MR) is 81.4 cm³/mol. The monoisotopic (exact) mass is 334 g/mol. The molecule has 0 radical (unpaired) electrons. The van der Waals surface area contributed by atoms with Crippen LogP contribution in [0.5, 0.6) is 11.5 Å². The Hall–Kier alpha value is -2.55. The van der Waals surface area contributed by atoms with E-state index in [9.17, 15) is 0 Å². The zero-order valence-electron chi connectivity index (χ0n) is 12.8. The van der Waals surface area contributed by atoms with Crippen molar-refractivity contribution in [1.82, 2.24) is 20.3 Å². The van der Waals surface area contributed by atoms with Crippen molar-refractivity contribution in [2.45, 2.75) is 17.9 Å². The van der Waals surface area contributed by atoms with Gasteiger partial charge in [0, 0.05) is 11.6 Å². The van der Waals surface area contributed by atoms with E-state index in [0.29, 0.717) is 45.6 Å². The Balaban J connectivity index is 1.76. The lowest BCUT2D eigenvalue weighted by Crippen LogP contribution is -1.88. The molecule has 0 unspecified atom stereocenters. The van der Waals surface area contributed by atoms with Crippen molar-refractivity contribution >= 4 is 11.8 Å². The largest absolute Gasteiger partial charge is 0.497 e. The van der Waals surface area contributed by atoms with Crippen LogP contribution >= 0.6 is 11.8 Å². The van der Waals surface area contributed by atoms with Gasteiger partial charge in [0.05, 0.1) is 20.0 Å². The number of methoxy groups -OCH3 is 2. The minimum atomic E-state index is 0.381. The van der Waals surface area contributed by atoms with Crippen molar-refractivity contribution in [3.8, 4) is 23.0 Å². The molecule has 0 aliphatic heterocycles. The lowest BCUT2D eigenvalue weighted by molar-refractivity contribution is 0.386. The molecule has 0 fully saturated rings. The molecule has 0 bridgehead atoms. The first-order valence-corrected chi connectivity index (χ1v) is 7.65. The van der Waals surface area contributed by atoms with Crippen LogP contribution in [0, 0.1) is 6.92 Å². The van der Waals surface area contributed by atoms with Crippen LogP contribution < -0.4 is 9.47 Å². The maximum atomic E-state index is 5.64. The van der Waals surface area contributed by atoms with Gasteiger partial charge in [0.15, 0.2) is 5.82 Å². The number of ether oxygens (including phenoxy) is 2. The Labute approximate surface area is 136 Å². The van der Waals surface area contributed by atoms with Gasteiger partial charge >= 0.3 is 0 Å². The summed E-state index contributed by atoms with van der Waals surface area (Å²) in [5.41, 5.74) is 0.717. The molecule has 0 saturated heterocycles. The van der Waals surface area contributed by atoms with E-state index in [4.69, 9.17) is 18.4 Å². The molecule has 3 rings (SSSR count). The third-order valence-electron chi connectivity index (χ3n) is 2.89. The van der Waals surface area contributed by atoms with Gasteiger partial charge in [-0.05, 0) is 19.1 Å². The summed E-state index contributed by atoms with van der Waals surface area (Å²) in [6.45, 7) is 1.76. The van der Waals surface area contributed by atoms with Gasteiger partial charge in [-0.2, -0.15) is 4.98 Å². The average Bonchev–Trinajstić information content (AvgIpc) is 3.21. The molecule has 8 nitrogen and oxygen atoms in total. The summed E-state index contributed by atoms with van der Waals surface area (Å²) in [4.78, 5) is 4.11.